The Balaban J connectivity index is 1.98. The van der Waals surface area contributed by atoms with Gasteiger partial charge in [-0.05, 0) is 62.9 Å². The highest BCUT2D eigenvalue weighted by Gasteiger charge is 2.30. The third-order valence-corrected chi connectivity index (χ3v) is 4.65. The van der Waals surface area contributed by atoms with E-state index in [9.17, 15) is 4.39 Å². The van der Waals surface area contributed by atoms with Gasteiger partial charge in [0.1, 0.15) is 5.82 Å². The van der Waals surface area contributed by atoms with Crippen LogP contribution in [0.5, 0.6) is 0 Å². The summed E-state index contributed by atoms with van der Waals surface area (Å²) in [7, 11) is 2.20. The summed E-state index contributed by atoms with van der Waals surface area (Å²) in [5, 5.41) is 3.72. The highest BCUT2D eigenvalue weighted by atomic mass is 19.1. The van der Waals surface area contributed by atoms with Gasteiger partial charge in [0.05, 0.1) is 0 Å². The molecule has 118 valence electrons. The van der Waals surface area contributed by atoms with Crippen molar-refractivity contribution in [1.29, 1.82) is 0 Å². The monoisotopic (exact) mass is 292 g/mol. The Bertz CT molecular complexity index is 416. The van der Waals surface area contributed by atoms with Crippen molar-refractivity contribution in [3.8, 4) is 0 Å². The molecule has 3 unspecified atom stereocenters. The lowest BCUT2D eigenvalue weighted by Gasteiger charge is -2.41. The molecule has 3 heteroatoms. The highest BCUT2D eigenvalue weighted by molar-refractivity contribution is 5.16. The second-order valence-corrected chi connectivity index (χ2v) is 6.59. The van der Waals surface area contributed by atoms with Crippen LogP contribution in [-0.4, -0.2) is 30.6 Å². The molecule has 1 aromatic rings. The molecule has 21 heavy (non-hydrogen) atoms. The van der Waals surface area contributed by atoms with E-state index >= 15 is 0 Å². The molecule has 3 atom stereocenters. The van der Waals surface area contributed by atoms with Gasteiger partial charge in [-0.3, -0.25) is 4.90 Å². The van der Waals surface area contributed by atoms with Crippen molar-refractivity contribution in [3.63, 3.8) is 0 Å². The summed E-state index contributed by atoms with van der Waals surface area (Å²) >= 11 is 0. The Labute approximate surface area is 128 Å². The van der Waals surface area contributed by atoms with Crippen LogP contribution in [0.15, 0.2) is 24.3 Å². The molecule has 1 saturated carbocycles. The summed E-state index contributed by atoms with van der Waals surface area (Å²) in [4.78, 5) is 2.44. The number of nitrogens with zero attached hydrogens (tertiary/aromatic N) is 1. The third kappa shape index (κ3) is 4.79. The normalized spacial score (nSPS) is 26.2. The molecule has 2 nitrogen and oxygen atoms in total. The van der Waals surface area contributed by atoms with Crippen molar-refractivity contribution in [1.82, 2.24) is 10.2 Å². The molecule has 1 fully saturated rings. The highest BCUT2D eigenvalue weighted by Crippen LogP contribution is 2.28. The molecule has 0 aliphatic heterocycles. The van der Waals surface area contributed by atoms with E-state index in [4.69, 9.17) is 0 Å². The fourth-order valence-electron chi connectivity index (χ4n) is 3.40. The van der Waals surface area contributed by atoms with Gasteiger partial charge in [0.25, 0.3) is 0 Å². The summed E-state index contributed by atoms with van der Waals surface area (Å²) in [6.45, 7) is 6.56. The minimum Gasteiger partial charge on any atom is -0.312 e. The van der Waals surface area contributed by atoms with Crippen LogP contribution in [0.25, 0.3) is 0 Å². The van der Waals surface area contributed by atoms with Gasteiger partial charge in [-0.25, -0.2) is 4.39 Å². The Morgan fingerprint density at radius 2 is 1.95 bits per heavy atom. The molecule has 1 N–H and O–H groups in total. The lowest BCUT2D eigenvalue weighted by molar-refractivity contribution is 0.119. The fraction of sp³-hybridized carbons (Fsp3) is 0.667. The molecule has 1 aliphatic carbocycles. The molecule has 1 aliphatic rings. The maximum absolute atomic E-state index is 13.0. The van der Waals surface area contributed by atoms with E-state index in [1.54, 1.807) is 12.1 Å². The van der Waals surface area contributed by atoms with Crippen molar-refractivity contribution < 1.29 is 4.39 Å². The van der Waals surface area contributed by atoms with Gasteiger partial charge < -0.3 is 5.32 Å². The van der Waals surface area contributed by atoms with E-state index in [1.807, 2.05) is 12.1 Å². The van der Waals surface area contributed by atoms with Crippen LogP contribution in [-0.2, 0) is 6.54 Å². The number of nitrogens with one attached hydrogen (secondary N) is 1. The fourth-order valence-corrected chi connectivity index (χ4v) is 3.40. The largest absolute Gasteiger partial charge is 0.312 e. The number of hydrogen-bond donors (Lipinski definition) is 1. The smallest absolute Gasteiger partial charge is 0.123 e. The van der Waals surface area contributed by atoms with Crippen LogP contribution in [0, 0.1) is 11.7 Å². The standard InChI is InChI=1S/C18H29FN2/c1-4-11-20-17-10-5-14(2)12-18(17)21(3)13-15-6-8-16(19)9-7-15/h6-9,14,17-18,20H,4-5,10-13H2,1-3H3. The van der Waals surface area contributed by atoms with Crippen molar-refractivity contribution >= 4 is 0 Å². The zero-order valence-electron chi connectivity index (χ0n) is 13.6. The number of halogens is 1. The minimum atomic E-state index is -0.157. The minimum absolute atomic E-state index is 0.157. The summed E-state index contributed by atoms with van der Waals surface area (Å²) in [5.41, 5.74) is 1.19. The second kappa shape index (κ2) is 7.90. The Hall–Kier alpha value is -0.930. The second-order valence-electron chi connectivity index (χ2n) is 6.59. The summed E-state index contributed by atoms with van der Waals surface area (Å²) < 4.78 is 13.0. The first-order valence-electron chi connectivity index (χ1n) is 8.28. The molecule has 0 radical (unpaired) electrons. The number of hydrogen-bond acceptors (Lipinski definition) is 2. The van der Waals surface area contributed by atoms with E-state index < -0.39 is 0 Å². The Kier molecular flexibility index (Phi) is 6.19. The van der Waals surface area contributed by atoms with Crippen LogP contribution in [0.2, 0.25) is 0 Å². The summed E-state index contributed by atoms with van der Waals surface area (Å²) in [6.07, 6.45) is 5.02. The van der Waals surface area contributed by atoms with Gasteiger partial charge in [0.15, 0.2) is 0 Å². The van der Waals surface area contributed by atoms with E-state index in [-0.39, 0.29) is 5.82 Å². The molecular formula is C18H29FN2. The molecule has 1 aromatic carbocycles. The van der Waals surface area contributed by atoms with Crippen molar-refractivity contribution in [2.45, 2.75) is 58.2 Å². The molecule has 0 spiro atoms. The van der Waals surface area contributed by atoms with Gasteiger partial charge in [0, 0.05) is 18.6 Å². The van der Waals surface area contributed by atoms with E-state index in [0.717, 1.165) is 19.0 Å². The molecular weight excluding hydrogens is 263 g/mol. The topological polar surface area (TPSA) is 15.3 Å². The molecule has 0 saturated heterocycles. The average Bonchev–Trinajstić information content (AvgIpc) is 2.48. The van der Waals surface area contributed by atoms with Crippen LogP contribution in [0.4, 0.5) is 4.39 Å². The first kappa shape index (κ1) is 16.4. The number of likely N-dealkylation sites (N-methyl/N-ethyl adjacent to an activating group) is 1. The quantitative estimate of drug-likeness (QED) is 0.857. The summed E-state index contributed by atoms with van der Waals surface area (Å²) in [6, 6.07) is 8.06. The van der Waals surface area contributed by atoms with Crippen molar-refractivity contribution in [3.05, 3.63) is 35.6 Å². The predicted octanol–water partition coefficient (Wildman–Crippen LogP) is 3.81. The van der Waals surface area contributed by atoms with Crippen molar-refractivity contribution in [2.75, 3.05) is 13.6 Å². The molecule has 0 aromatic heterocycles. The maximum atomic E-state index is 13.0. The number of rotatable bonds is 6. The van der Waals surface area contributed by atoms with Crippen LogP contribution in [0.3, 0.4) is 0 Å². The maximum Gasteiger partial charge on any atom is 0.123 e. The predicted molar refractivity (Wildman–Crippen MR) is 86.8 cm³/mol. The van der Waals surface area contributed by atoms with Gasteiger partial charge in [-0.1, -0.05) is 26.0 Å². The van der Waals surface area contributed by atoms with Crippen LogP contribution < -0.4 is 5.32 Å². The SMILES string of the molecule is CCCNC1CCC(C)CC1N(C)Cc1ccc(F)cc1. The van der Waals surface area contributed by atoms with Gasteiger partial charge in [-0.2, -0.15) is 0 Å². The van der Waals surface area contributed by atoms with Gasteiger partial charge >= 0.3 is 0 Å². The zero-order chi connectivity index (χ0) is 15.2. The third-order valence-electron chi connectivity index (χ3n) is 4.65. The molecule has 0 bridgehead atoms. The lowest BCUT2D eigenvalue weighted by Crippen LogP contribution is -2.51. The van der Waals surface area contributed by atoms with Crippen molar-refractivity contribution in [2.24, 2.45) is 5.92 Å². The van der Waals surface area contributed by atoms with Gasteiger partial charge in [-0.15, -0.1) is 0 Å². The lowest BCUT2D eigenvalue weighted by atomic mass is 9.82. The van der Waals surface area contributed by atoms with Crippen LogP contribution >= 0.6 is 0 Å². The van der Waals surface area contributed by atoms with E-state index in [1.165, 1.54) is 31.2 Å². The average molecular weight is 292 g/mol. The Morgan fingerprint density at radius 1 is 1.24 bits per heavy atom. The van der Waals surface area contributed by atoms with E-state index in [2.05, 4.69) is 31.1 Å². The number of benzene rings is 1. The summed E-state index contributed by atoms with van der Waals surface area (Å²) in [5.74, 6) is 0.639. The zero-order valence-corrected chi connectivity index (χ0v) is 13.6. The van der Waals surface area contributed by atoms with E-state index in [0.29, 0.717) is 12.1 Å². The molecule has 2 rings (SSSR count). The molecule has 0 heterocycles. The first-order valence-corrected chi connectivity index (χ1v) is 8.28. The van der Waals surface area contributed by atoms with Crippen LogP contribution in [0.1, 0.15) is 45.1 Å². The Morgan fingerprint density at radius 3 is 2.62 bits per heavy atom. The first-order chi connectivity index (χ1) is 10.1. The van der Waals surface area contributed by atoms with Gasteiger partial charge in [0.2, 0.25) is 0 Å². The molecule has 0 amide bonds.